The Kier molecular flexibility index (Phi) is 6.13. The normalized spacial score (nSPS) is 12.3. The molecule has 0 aliphatic rings. The molecule has 0 saturated carbocycles. The number of benzene rings is 1. The quantitative estimate of drug-likeness (QED) is 0.311. The smallest absolute Gasteiger partial charge is 0.336 e. The van der Waals surface area contributed by atoms with Crippen LogP contribution in [0.5, 0.6) is 0 Å². The number of carbonyl (C=O) groups is 1. The van der Waals surface area contributed by atoms with Crippen LogP contribution in [0.1, 0.15) is 42.1 Å². The summed E-state index contributed by atoms with van der Waals surface area (Å²) in [5, 5.41) is 27.4. The van der Waals surface area contributed by atoms with Crippen molar-refractivity contribution < 1.29 is 15.0 Å². The number of nitrogen functional groups attached to an aromatic ring is 1. The molecule has 0 fully saturated rings. The molecule has 10 nitrogen and oxygen atoms in total. The molecule has 166 valence electrons. The van der Waals surface area contributed by atoms with Crippen molar-refractivity contribution in [2.45, 2.75) is 38.8 Å². The summed E-state index contributed by atoms with van der Waals surface area (Å²) < 4.78 is 1.75. The Morgan fingerprint density at radius 1 is 1.25 bits per heavy atom. The van der Waals surface area contributed by atoms with Gasteiger partial charge in [-0.1, -0.05) is 25.5 Å². The van der Waals surface area contributed by atoms with E-state index in [9.17, 15) is 15.0 Å². The molecule has 4 aromatic rings. The molecule has 3 aromatic heterocycles. The van der Waals surface area contributed by atoms with Crippen molar-refractivity contribution in [1.29, 1.82) is 0 Å². The monoisotopic (exact) mass is 435 g/mol. The molecule has 0 aliphatic heterocycles. The zero-order valence-corrected chi connectivity index (χ0v) is 17.7. The summed E-state index contributed by atoms with van der Waals surface area (Å²) in [6, 6.07) is 6.83. The minimum atomic E-state index is -1.000. The van der Waals surface area contributed by atoms with Gasteiger partial charge < -0.3 is 21.3 Å². The molecule has 1 atom stereocenters. The van der Waals surface area contributed by atoms with Gasteiger partial charge in [-0.15, -0.1) is 0 Å². The Morgan fingerprint density at radius 2 is 2.09 bits per heavy atom. The van der Waals surface area contributed by atoms with Gasteiger partial charge in [-0.25, -0.2) is 9.78 Å². The van der Waals surface area contributed by atoms with Crippen molar-refractivity contribution in [2.75, 3.05) is 17.7 Å². The third kappa shape index (κ3) is 4.17. The molecule has 0 saturated heterocycles. The fraction of sp³-hybridized carbons (Fsp3) is 0.318. The molecule has 0 bridgehead atoms. The lowest BCUT2D eigenvalue weighted by molar-refractivity contribution is 0.0699. The number of aromatic carboxylic acids is 1. The summed E-state index contributed by atoms with van der Waals surface area (Å²) in [5.41, 5.74) is 8.82. The molecule has 32 heavy (non-hydrogen) atoms. The standard InChI is InChI=1S/C22H25N7O3/c1-2-4-14(8-10-30)26-20-19-17(27-22(23)28-20)11-25-29(19)12-13-6-7-16(21(31)32)15-5-3-9-24-18(13)15/h3,5-7,9,11,14,30H,2,4,8,10,12H2,1H3,(H,31,32)(H3,23,26,27,28). The number of carboxylic acids is 1. The van der Waals surface area contributed by atoms with Gasteiger partial charge >= 0.3 is 5.97 Å². The highest BCUT2D eigenvalue weighted by Gasteiger charge is 2.18. The summed E-state index contributed by atoms with van der Waals surface area (Å²) in [4.78, 5) is 24.7. The summed E-state index contributed by atoms with van der Waals surface area (Å²) in [5.74, 6) is -0.312. The Morgan fingerprint density at radius 3 is 2.84 bits per heavy atom. The zero-order valence-electron chi connectivity index (χ0n) is 17.7. The van der Waals surface area contributed by atoms with Gasteiger partial charge in [0.25, 0.3) is 0 Å². The van der Waals surface area contributed by atoms with E-state index in [1.807, 2.05) is 0 Å². The highest BCUT2D eigenvalue weighted by atomic mass is 16.4. The van der Waals surface area contributed by atoms with Crippen molar-refractivity contribution in [2.24, 2.45) is 0 Å². The van der Waals surface area contributed by atoms with Crippen molar-refractivity contribution in [1.82, 2.24) is 24.7 Å². The molecule has 0 amide bonds. The molecular weight excluding hydrogens is 410 g/mol. The second-order valence-corrected chi connectivity index (χ2v) is 7.59. The first kappa shape index (κ1) is 21.4. The predicted octanol–water partition coefficient (Wildman–Crippen LogP) is 2.67. The van der Waals surface area contributed by atoms with E-state index in [-0.39, 0.29) is 24.2 Å². The maximum absolute atomic E-state index is 11.6. The van der Waals surface area contributed by atoms with Gasteiger partial charge in [-0.3, -0.25) is 9.67 Å². The number of rotatable bonds is 9. The van der Waals surface area contributed by atoms with Crippen molar-refractivity contribution in [3.8, 4) is 0 Å². The van der Waals surface area contributed by atoms with E-state index in [4.69, 9.17) is 5.73 Å². The molecule has 10 heteroatoms. The van der Waals surface area contributed by atoms with Crippen LogP contribution >= 0.6 is 0 Å². The minimum absolute atomic E-state index is 0.0307. The number of nitrogens with two attached hydrogens (primary N) is 1. The van der Waals surface area contributed by atoms with Crippen LogP contribution in [0.15, 0.2) is 36.7 Å². The average Bonchev–Trinajstić information content (AvgIpc) is 3.16. The lowest BCUT2D eigenvalue weighted by atomic mass is 10.0. The number of nitrogens with zero attached hydrogens (tertiary/aromatic N) is 5. The third-order valence-corrected chi connectivity index (χ3v) is 5.37. The number of nitrogens with one attached hydrogen (secondary N) is 1. The van der Waals surface area contributed by atoms with E-state index in [0.29, 0.717) is 40.7 Å². The van der Waals surface area contributed by atoms with Crippen LogP contribution in [-0.2, 0) is 6.54 Å². The van der Waals surface area contributed by atoms with Crippen LogP contribution < -0.4 is 11.1 Å². The molecule has 0 radical (unpaired) electrons. The number of hydrogen-bond donors (Lipinski definition) is 4. The Hall–Kier alpha value is -3.79. The maximum Gasteiger partial charge on any atom is 0.336 e. The second kappa shape index (κ2) is 9.15. The molecule has 0 spiro atoms. The highest BCUT2D eigenvalue weighted by Crippen LogP contribution is 2.26. The maximum atomic E-state index is 11.6. The second-order valence-electron chi connectivity index (χ2n) is 7.59. The number of aromatic nitrogens is 5. The fourth-order valence-corrected chi connectivity index (χ4v) is 3.93. The first-order valence-electron chi connectivity index (χ1n) is 10.5. The SMILES string of the molecule is CCCC(CCO)Nc1nc(N)nc2cnn(Cc3ccc(C(=O)O)c4cccnc34)c12. The van der Waals surface area contributed by atoms with Crippen molar-refractivity contribution in [3.63, 3.8) is 0 Å². The van der Waals surface area contributed by atoms with E-state index in [1.54, 1.807) is 41.3 Å². The third-order valence-electron chi connectivity index (χ3n) is 5.37. The van der Waals surface area contributed by atoms with Gasteiger partial charge in [-0.05, 0) is 30.5 Å². The summed E-state index contributed by atoms with van der Waals surface area (Å²) >= 11 is 0. The van der Waals surface area contributed by atoms with Crippen LogP contribution in [0.2, 0.25) is 0 Å². The Balaban J connectivity index is 1.78. The van der Waals surface area contributed by atoms with Gasteiger partial charge in [0, 0.05) is 24.2 Å². The lowest BCUT2D eigenvalue weighted by Gasteiger charge is -2.19. The molecule has 5 N–H and O–H groups in total. The summed E-state index contributed by atoms with van der Waals surface area (Å²) in [6.45, 7) is 2.49. The van der Waals surface area contributed by atoms with E-state index >= 15 is 0 Å². The van der Waals surface area contributed by atoms with Crippen LogP contribution in [0.4, 0.5) is 11.8 Å². The first-order valence-corrected chi connectivity index (χ1v) is 10.5. The Bertz CT molecular complexity index is 1270. The van der Waals surface area contributed by atoms with Crippen LogP contribution in [0.25, 0.3) is 21.9 Å². The van der Waals surface area contributed by atoms with Gasteiger partial charge in [0.2, 0.25) is 5.95 Å². The number of hydrogen-bond acceptors (Lipinski definition) is 8. The summed E-state index contributed by atoms with van der Waals surface area (Å²) in [6.07, 6.45) is 5.67. The van der Waals surface area contributed by atoms with Crippen LogP contribution in [0.3, 0.4) is 0 Å². The van der Waals surface area contributed by atoms with E-state index in [2.05, 4.69) is 32.3 Å². The fourth-order valence-electron chi connectivity index (χ4n) is 3.93. The first-order chi connectivity index (χ1) is 15.5. The highest BCUT2D eigenvalue weighted by molar-refractivity contribution is 6.03. The molecule has 3 heterocycles. The van der Waals surface area contributed by atoms with E-state index in [0.717, 1.165) is 18.4 Å². The molecule has 4 rings (SSSR count). The topological polar surface area (TPSA) is 152 Å². The zero-order chi connectivity index (χ0) is 22.7. The minimum Gasteiger partial charge on any atom is -0.478 e. The van der Waals surface area contributed by atoms with Crippen molar-refractivity contribution in [3.05, 3.63) is 47.8 Å². The molecular formula is C22H25N7O3. The van der Waals surface area contributed by atoms with E-state index < -0.39 is 5.97 Å². The number of pyridine rings is 1. The summed E-state index contributed by atoms with van der Waals surface area (Å²) in [7, 11) is 0. The Labute approximate surface area is 184 Å². The molecule has 1 unspecified atom stereocenters. The molecule has 1 aromatic carbocycles. The largest absolute Gasteiger partial charge is 0.478 e. The molecule has 0 aliphatic carbocycles. The van der Waals surface area contributed by atoms with Gasteiger partial charge in [0.15, 0.2) is 5.82 Å². The number of aliphatic hydroxyl groups is 1. The van der Waals surface area contributed by atoms with Gasteiger partial charge in [-0.2, -0.15) is 10.1 Å². The van der Waals surface area contributed by atoms with Gasteiger partial charge in [0.1, 0.15) is 11.0 Å². The van der Waals surface area contributed by atoms with E-state index in [1.165, 1.54) is 0 Å². The number of anilines is 2. The number of carboxylic acid groups (broad SMARTS) is 1. The van der Waals surface area contributed by atoms with Crippen molar-refractivity contribution >= 4 is 39.7 Å². The number of fused-ring (bicyclic) bond motifs is 2. The average molecular weight is 435 g/mol. The van der Waals surface area contributed by atoms with Gasteiger partial charge in [0.05, 0.1) is 23.8 Å². The predicted molar refractivity (Wildman–Crippen MR) is 122 cm³/mol. The lowest BCUT2D eigenvalue weighted by Crippen LogP contribution is -2.22. The van der Waals surface area contributed by atoms with Crippen LogP contribution in [0, 0.1) is 0 Å². The number of aliphatic hydroxyl groups excluding tert-OH is 1. The van der Waals surface area contributed by atoms with Crippen LogP contribution in [-0.4, -0.2) is 53.6 Å².